The van der Waals surface area contributed by atoms with E-state index in [1.54, 1.807) is 46.9 Å². The van der Waals surface area contributed by atoms with Crippen molar-refractivity contribution in [1.29, 1.82) is 5.26 Å². The molecule has 0 aliphatic heterocycles. The van der Waals surface area contributed by atoms with Crippen LogP contribution in [0.3, 0.4) is 0 Å². The number of ether oxygens (including phenoxy) is 1. The van der Waals surface area contributed by atoms with Crippen LogP contribution in [0.2, 0.25) is 0 Å². The predicted octanol–water partition coefficient (Wildman–Crippen LogP) is 5.34. The summed E-state index contributed by atoms with van der Waals surface area (Å²) in [7, 11) is 3.43. The predicted molar refractivity (Wildman–Crippen MR) is 156 cm³/mol. The van der Waals surface area contributed by atoms with Gasteiger partial charge >= 0.3 is 6.09 Å². The molecule has 1 aliphatic carbocycles. The molecule has 0 saturated heterocycles. The van der Waals surface area contributed by atoms with E-state index in [0.29, 0.717) is 11.5 Å². The summed E-state index contributed by atoms with van der Waals surface area (Å²) in [6.07, 6.45) is 5.05. The Balaban J connectivity index is 1.70. The van der Waals surface area contributed by atoms with Crippen molar-refractivity contribution >= 4 is 29.5 Å². The van der Waals surface area contributed by atoms with Gasteiger partial charge in [0.05, 0.1) is 11.6 Å². The second-order valence-corrected chi connectivity index (χ2v) is 12.1. The maximum absolute atomic E-state index is 13.1. The van der Waals surface area contributed by atoms with E-state index in [1.165, 1.54) is 4.90 Å². The highest BCUT2D eigenvalue weighted by atomic mass is 16.6. The molecule has 1 saturated carbocycles. The van der Waals surface area contributed by atoms with E-state index in [1.807, 2.05) is 25.4 Å². The molecular formula is C30H43N7O3. The smallest absolute Gasteiger partial charge is 0.410 e. The van der Waals surface area contributed by atoms with Gasteiger partial charge in [-0.15, -0.1) is 0 Å². The summed E-state index contributed by atoms with van der Waals surface area (Å²) in [4.78, 5) is 36.2. The van der Waals surface area contributed by atoms with Gasteiger partial charge in [-0.3, -0.25) is 9.69 Å². The second-order valence-electron chi connectivity index (χ2n) is 12.1. The van der Waals surface area contributed by atoms with E-state index in [-0.39, 0.29) is 23.3 Å². The Morgan fingerprint density at radius 3 is 2.58 bits per heavy atom. The lowest BCUT2D eigenvalue weighted by Crippen LogP contribution is -2.51. The average Bonchev–Trinajstić information content (AvgIpc) is 2.91. The molecule has 216 valence electrons. The fourth-order valence-corrected chi connectivity index (χ4v) is 5.09. The van der Waals surface area contributed by atoms with Gasteiger partial charge in [0.1, 0.15) is 17.5 Å². The Morgan fingerprint density at radius 1 is 1.20 bits per heavy atom. The van der Waals surface area contributed by atoms with Crippen molar-refractivity contribution in [3.63, 3.8) is 0 Å². The van der Waals surface area contributed by atoms with Crippen molar-refractivity contribution in [3.8, 4) is 6.07 Å². The van der Waals surface area contributed by atoms with E-state index in [4.69, 9.17) is 9.72 Å². The molecule has 1 aromatic heterocycles. The number of likely N-dealkylation sites (N-methyl/N-ethyl adjacent to an activating group) is 1. The lowest BCUT2D eigenvalue weighted by Gasteiger charge is -2.41. The monoisotopic (exact) mass is 549 g/mol. The van der Waals surface area contributed by atoms with Gasteiger partial charge in [0.25, 0.3) is 0 Å². The molecule has 10 heteroatoms. The summed E-state index contributed by atoms with van der Waals surface area (Å²) in [5.74, 6) is 1.27. The zero-order chi connectivity index (χ0) is 29.7. The fraction of sp³-hybridized carbons (Fsp3) is 0.567. The van der Waals surface area contributed by atoms with Gasteiger partial charge in [0.15, 0.2) is 0 Å². The van der Waals surface area contributed by atoms with Crippen molar-refractivity contribution in [2.24, 2.45) is 5.92 Å². The average molecular weight is 550 g/mol. The number of carbonyl (C=O) groups is 2. The van der Waals surface area contributed by atoms with Gasteiger partial charge in [0, 0.05) is 37.6 Å². The number of carbonyl (C=O) groups excluding carboxylic acids is 2. The van der Waals surface area contributed by atoms with Crippen LogP contribution in [-0.2, 0) is 14.9 Å². The number of nitrogens with one attached hydrogen (secondary N) is 3. The summed E-state index contributed by atoms with van der Waals surface area (Å²) < 4.78 is 5.42. The Bertz CT molecular complexity index is 1250. The first-order chi connectivity index (χ1) is 18.7. The van der Waals surface area contributed by atoms with Crippen LogP contribution in [0.25, 0.3) is 0 Å². The molecule has 1 fully saturated rings. The van der Waals surface area contributed by atoms with Crippen molar-refractivity contribution in [2.75, 3.05) is 24.7 Å². The Hall–Kier alpha value is -3.87. The minimum atomic E-state index is -0.651. The van der Waals surface area contributed by atoms with E-state index in [2.05, 4.69) is 40.9 Å². The van der Waals surface area contributed by atoms with Gasteiger partial charge < -0.3 is 20.7 Å². The molecule has 3 rings (SSSR count). The molecule has 1 unspecified atom stereocenters. The highest BCUT2D eigenvalue weighted by Gasteiger charge is 2.38. The number of rotatable bonds is 8. The third-order valence-corrected chi connectivity index (χ3v) is 7.65. The van der Waals surface area contributed by atoms with Crippen molar-refractivity contribution in [3.05, 3.63) is 41.6 Å². The topological polar surface area (TPSA) is 132 Å². The zero-order valence-electron chi connectivity index (χ0n) is 25.0. The number of hydrogen-bond donors (Lipinski definition) is 3. The molecule has 10 nitrogen and oxygen atoms in total. The van der Waals surface area contributed by atoms with E-state index >= 15 is 0 Å². The summed E-state index contributed by atoms with van der Waals surface area (Å²) in [6.45, 7) is 11.5. The Labute approximate surface area is 237 Å². The van der Waals surface area contributed by atoms with Crippen LogP contribution < -0.4 is 16.0 Å². The third kappa shape index (κ3) is 7.62. The number of nitriles is 1. The number of benzene rings is 1. The van der Waals surface area contributed by atoms with Gasteiger partial charge in [0.2, 0.25) is 11.9 Å². The van der Waals surface area contributed by atoms with Gasteiger partial charge in [-0.2, -0.15) is 10.2 Å². The van der Waals surface area contributed by atoms with E-state index in [9.17, 15) is 14.9 Å². The van der Waals surface area contributed by atoms with Gasteiger partial charge in [-0.05, 0) is 76.5 Å². The first-order valence-electron chi connectivity index (χ1n) is 13.8. The Kier molecular flexibility index (Phi) is 9.61. The third-order valence-electron chi connectivity index (χ3n) is 7.65. The molecular weight excluding hydrogens is 506 g/mol. The van der Waals surface area contributed by atoms with Crippen molar-refractivity contribution < 1.29 is 14.3 Å². The Morgan fingerprint density at radius 2 is 1.93 bits per heavy atom. The summed E-state index contributed by atoms with van der Waals surface area (Å²) in [5, 5.41) is 18.8. The number of hydrogen-bond acceptors (Lipinski definition) is 8. The summed E-state index contributed by atoms with van der Waals surface area (Å²) in [5.41, 5.74) is 1.41. The molecule has 1 aliphatic rings. The highest BCUT2D eigenvalue weighted by Crippen LogP contribution is 2.43. The lowest BCUT2D eigenvalue weighted by atomic mass is 9.66. The number of anilines is 3. The molecule has 0 bridgehead atoms. The first kappa shape index (κ1) is 30.7. The van der Waals surface area contributed by atoms with Crippen LogP contribution in [0.4, 0.5) is 22.2 Å². The largest absolute Gasteiger partial charge is 0.444 e. The molecule has 2 aromatic rings. The minimum Gasteiger partial charge on any atom is -0.444 e. The molecule has 40 heavy (non-hydrogen) atoms. The zero-order valence-corrected chi connectivity index (χ0v) is 25.0. The quantitative estimate of drug-likeness (QED) is 0.402. The standard InChI is InChI=1S/C30H43N7O3/c1-19(37(8)28(39)40-29(2,3)4)26(38)34-23-14-10-12-21(16-23)30(5,6)24-18-33-27(36-25(24)32-7)35-22-13-9-11-20(15-22)17-31/h9,11,13,15,18-19,21,23H,10,12,14,16H2,1-8H3,(H,34,38)(H2,32,33,35,36)/t19-,21?,23-/m0/s1. The maximum Gasteiger partial charge on any atom is 0.410 e. The molecule has 0 spiro atoms. The van der Waals surface area contributed by atoms with Gasteiger partial charge in [-0.1, -0.05) is 26.3 Å². The van der Waals surface area contributed by atoms with Crippen molar-refractivity contribution in [2.45, 2.75) is 90.3 Å². The maximum atomic E-state index is 13.1. The second kappa shape index (κ2) is 12.5. The molecule has 3 N–H and O–H groups in total. The summed E-state index contributed by atoms with van der Waals surface area (Å²) >= 11 is 0. The van der Waals surface area contributed by atoms with Crippen LogP contribution in [-0.4, -0.2) is 58.6 Å². The van der Waals surface area contributed by atoms with Crippen LogP contribution in [0, 0.1) is 17.2 Å². The van der Waals surface area contributed by atoms with Crippen LogP contribution in [0.15, 0.2) is 30.5 Å². The van der Waals surface area contributed by atoms with Gasteiger partial charge in [-0.25, -0.2) is 9.78 Å². The molecule has 1 aromatic carbocycles. The molecule has 2 amide bonds. The lowest BCUT2D eigenvalue weighted by molar-refractivity contribution is -0.126. The fourth-order valence-electron chi connectivity index (χ4n) is 5.09. The van der Waals surface area contributed by atoms with E-state index in [0.717, 1.165) is 42.8 Å². The number of amides is 2. The normalized spacial score (nSPS) is 18.2. The molecule has 0 radical (unpaired) electrons. The molecule has 3 atom stereocenters. The number of aromatic nitrogens is 2. The first-order valence-corrected chi connectivity index (χ1v) is 13.8. The SMILES string of the molecule is CNc1nc(Nc2cccc(C#N)c2)ncc1C(C)(C)C1CCC[C@H](NC(=O)[C@H](C)N(C)C(=O)OC(C)(C)C)C1. The minimum absolute atomic E-state index is 0.00677. The van der Waals surface area contributed by atoms with Crippen molar-refractivity contribution in [1.82, 2.24) is 20.2 Å². The van der Waals surface area contributed by atoms with Crippen LogP contribution in [0.1, 0.15) is 78.4 Å². The van der Waals surface area contributed by atoms with Crippen LogP contribution in [0.5, 0.6) is 0 Å². The van der Waals surface area contributed by atoms with E-state index < -0.39 is 17.7 Å². The highest BCUT2D eigenvalue weighted by molar-refractivity contribution is 5.85. The molecule has 1 heterocycles. The van der Waals surface area contributed by atoms with Crippen LogP contribution >= 0.6 is 0 Å². The summed E-state index contributed by atoms with van der Waals surface area (Å²) in [6, 6.07) is 8.67. The number of nitrogens with zero attached hydrogens (tertiary/aromatic N) is 4.